The molecule has 8 nitrogen and oxygen atoms in total. The maximum Gasteiger partial charge on any atom is 0.265 e. The molecule has 2 aromatic rings. The molecule has 0 aliphatic heterocycles. The number of carbonyl (C=O) groups is 1. The molecule has 0 atom stereocenters. The van der Waals surface area contributed by atoms with Crippen LogP contribution in [0.3, 0.4) is 0 Å². The quantitative estimate of drug-likeness (QED) is 0.802. The number of nitrogens with one attached hydrogen (secondary N) is 1. The zero-order chi connectivity index (χ0) is 13.8. The number of hydrogen-bond donors (Lipinski definition) is 2. The molecule has 0 bridgehead atoms. The number of amides is 1. The van der Waals surface area contributed by atoms with Crippen LogP contribution in [0.1, 0.15) is 15.5 Å². The van der Waals surface area contributed by atoms with Crippen molar-refractivity contribution in [3.63, 3.8) is 0 Å². The summed E-state index contributed by atoms with van der Waals surface area (Å²) in [5.41, 5.74) is 5.72. The van der Waals surface area contributed by atoms with Gasteiger partial charge in [-0.05, 0) is 0 Å². The molecule has 0 radical (unpaired) electrons. The molecule has 0 saturated carbocycles. The second-order valence-corrected chi connectivity index (χ2v) is 4.94. The van der Waals surface area contributed by atoms with E-state index in [-0.39, 0.29) is 11.7 Å². The van der Waals surface area contributed by atoms with E-state index in [1.54, 1.807) is 4.90 Å². The number of rotatable bonds is 5. The van der Waals surface area contributed by atoms with Crippen LogP contribution < -0.4 is 16.0 Å². The van der Waals surface area contributed by atoms with Gasteiger partial charge in [0.05, 0.1) is 0 Å². The van der Waals surface area contributed by atoms with E-state index in [2.05, 4.69) is 25.0 Å². The van der Waals surface area contributed by atoms with Crippen molar-refractivity contribution in [1.29, 1.82) is 0 Å². The Balaban J connectivity index is 1.92. The number of anilines is 2. The normalized spacial score (nSPS) is 10.4. The van der Waals surface area contributed by atoms with E-state index in [4.69, 9.17) is 5.73 Å². The number of carbonyl (C=O) groups excluding carboxylic acids is 1. The molecule has 0 aromatic carbocycles. The lowest BCUT2D eigenvalue weighted by Gasteiger charge is -2.05. The van der Waals surface area contributed by atoms with Crippen LogP contribution in [-0.2, 0) is 6.42 Å². The molecular weight excluding hydrogens is 268 g/mol. The van der Waals surface area contributed by atoms with Crippen LogP contribution in [0.5, 0.6) is 0 Å². The first kappa shape index (κ1) is 13.3. The zero-order valence-corrected chi connectivity index (χ0v) is 11.4. The summed E-state index contributed by atoms with van der Waals surface area (Å²) in [6.07, 6.45) is 1.75. The highest BCUT2D eigenvalue weighted by atomic mass is 32.1. The monoisotopic (exact) mass is 282 g/mol. The van der Waals surface area contributed by atoms with Crippen LogP contribution >= 0.6 is 11.3 Å². The molecule has 2 heterocycles. The third-order valence-electron chi connectivity index (χ3n) is 2.27. The minimum Gasteiger partial charge on any atom is -0.382 e. The second kappa shape index (κ2) is 5.65. The lowest BCUT2D eigenvalue weighted by Crippen LogP contribution is -2.25. The molecule has 0 unspecified atom stereocenters. The van der Waals surface area contributed by atoms with E-state index >= 15 is 0 Å². The van der Waals surface area contributed by atoms with Crippen LogP contribution in [0.15, 0.2) is 10.9 Å². The Morgan fingerprint density at radius 3 is 2.95 bits per heavy atom. The molecule has 2 aromatic heterocycles. The van der Waals surface area contributed by atoms with Gasteiger partial charge in [-0.15, -0.1) is 0 Å². The second-order valence-electron chi connectivity index (χ2n) is 3.96. The van der Waals surface area contributed by atoms with Crippen LogP contribution in [0.4, 0.5) is 10.9 Å². The van der Waals surface area contributed by atoms with E-state index < -0.39 is 0 Å². The first-order valence-electron chi connectivity index (χ1n) is 5.55. The van der Waals surface area contributed by atoms with E-state index in [0.717, 1.165) is 0 Å². The Kier molecular flexibility index (Phi) is 3.95. The Labute approximate surface area is 113 Å². The fourth-order valence-corrected chi connectivity index (χ4v) is 2.17. The van der Waals surface area contributed by atoms with Gasteiger partial charge in [0.25, 0.3) is 5.91 Å². The number of thiazole rings is 1. The number of nitrogen functional groups attached to an aromatic ring is 1. The van der Waals surface area contributed by atoms with Crippen LogP contribution in [0, 0.1) is 0 Å². The minimum absolute atomic E-state index is 0.241. The Morgan fingerprint density at radius 1 is 1.58 bits per heavy atom. The average Bonchev–Trinajstić information content (AvgIpc) is 2.98. The van der Waals surface area contributed by atoms with E-state index in [1.165, 1.54) is 17.7 Å². The number of nitrogens with zero attached hydrogens (tertiary/aromatic N) is 4. The predicted molar refractivity (Wildman–Crippen MR) is 71.2 cm³/mol. The van der Waals surface area contributed by atoms with Gasteiger partial charge >= 0.3 is 0 Å². The largest absolute Gasteiger partial charge is 0.382 e. The third kappa shape index (κ3) is 3.19. The van der Waals surface area contributed by atoms with E-state index in [1.807, 2.05) is 14.1 Å². The lowest BCUT2D eigenvalue weighted by atomic mass is 10.4. The fourth-order valence-electron chi connectivity index (χ4n) is 1.34. The van der Waals surface area contributed by atoms with Gasteiger partial charge in [-0.25, -0.2) is 4.98 Å². The Bertz CT molecular complexity index is 550. The number of aromatic nitrogens is 3. The fraction of sp³-hybridized carbons (Fsp3) is 0.400. The van der Waals surface area contributed by atoms with Gasteiger partial charge in [-0.1, -0.05) is 16.5 Å². The van der Waals surface area contributed by atoms with Crippen molar-refractivity contribution >= 4 is 28.2 Å². The summed E-state index contributed by atoms with van der Waals surface area (Å²) in [6.45, 7) is 0.410. The average molecular weight is 282 g/mol. The zero-order valence-electron chi connectivity index (χ0n) is 10.6. The Hall–Kier alpha value is -2.16. The summed E-state index contributed by atoms with van der Waals surface area (Å²) in [4.78, 5) is 22.1. The highest BCUT2D eigenvalue weighted by Crippen LogP contribution is 2.26. The topological polar surface area (TPSA) is 110 Å². The Morgan fingerprint density at radius 2 is 2.37 bits per heavy atom. The molecule has 0 aliphatic rings. The highest BCUT2D eigenvalue weighted by molar-refractivity contribution is 7.18. The van der Waals surface area contributed by atoms with Gasteiger partial charge in [0.1, 0.15) is 10.7 Å². The van der Waals surface area contributed by atoms with Gasteiger partial charge in [0.15, 0.2) is 11.0 Å². The summed E-state index contributed by atoms with van der Waals surface area (Å²) < 4.78 is 4.60. The molecule has 0 aliphatic carbocycles. The summed E-state index contributed by atoms with van der Waals surface area (Å²) in [5, 5.41) is 7.09. The number of hydrogen-bond acceptors (Lipinski definition) is 8. The van der Waals surface area contributed by atoms with Gasteiger partial charge in [-0.3, -0.25) is 4.79 Å². The summed E-state index contributed by atoms with van der Waals surface area (Å²) in [6, 6.07) is 0. The third-order valence-corrected chi connectivity index (χ3v) is 3.51. The SMILES string of the molecule is CN(C)c1nc(N)c(C(=O)NCCc2ncon2)s1. The van der Waals surface area contributed by atoms with Crippen molar-refractivity contribution in [2.24, 2.45) is 0 Å². The maximum absolute atomic E-state index is 11.9. The molecule has 0 fully saturated rings. The van der Waals surface area contributed by atoms with E-state index in [0.29, 0.717) is 28.8 Å². The summed E-state index contributed by atoms with van der Waals surface area (Å²) in [7, 11) is 3.69. The van der Waals surface area contributed by atoms with E-state index in [9.17, 15) is 4.79 Å². The molecule has 0 spiro atoms. The smallest absolute Gasteiger partial charge is 0.265 e. The predicted octanol–water partition coefficient (Wildman–Crippen LogP) is 0.147. The van der Waals surface area contributed by atoms with Crippen molar-refractivity contribution in [2.45, 2.75) is 6.42 Å². The van der Waals surface area contributed by atoms with Gasteiger partial charge in [-0.2, -0.15) is 4.98 Å². The van der Waals surface area contributed by atoms with Gasteiger partial charge in [0.2, 0.25) is 6.39 Å². The molecule has 2 rings (SSSR count). The molecule has 1 amide bonds. The van der Waals surface area contributed by atoms with Crippen molar-refractivity contribution in [2.75, 3.05) is 31.3 Å². The van der Waals surface area contributed by atoms with Crippen LogP contribution in [0.2, 0.25) is 0 Å². The molecule has 102 valence electrons. The van der Waals surface area contributed by atoms with Crippen LogP contribution in [0.25, 0.3) is 0 Å². The first-order chi connectivity index (χ1) is 9.08. The van der Waals surface area contributed by atoms with Crippen molar-refractivity contribution in [3.8, 4) is 0 Å². The first-order valence-corrected chi connectivity index (χ1v) is 6.36. The summed E-state index contributed by atoms with van der Waals surface area (Å²) >= 11 is 1.25. The minimum atomic E-state index is -0.244. The molecule has 9 heteroatoms. The van der Waals surface area contributed by atoms with Crippen molar-refractivity contribution in [3.05, 3.63) is 17.1 Å². The molecular formula is C10H14N6O2S. The maximum atomic E-state index is 11.9. The van der Waals surface area contributed by atoms with Gasteiger partial charge in [0, 0.05) is 27.1 Å². The van der Waals surface area contributed by atoms with Crippen molar-refractivity contribution < 1.29 is 9.32 Å². The molecule has 3 N–H and O–H groups in total. The standard InChI is InChI=1S/C10H14N6O2S/c1-16(2)10-14-8(11)7(19-10)9(17)12-4-3-6-13-5-18-15-6/h5H,3-4,11H2,1-2H3,(H,12,17). The molecule has 0 saturated heterocycles. The number of nitrogens with two attached hydrogens (primary N) is 1. The summed E-state index contributed by atoms with van der Waals surface area (Å²) in [5.74, 6) is 0.545. The molecule has 19 heavy (non-hydrogen) atoms. The van der Waals surface area contributed by atoms with Crippen molar-refractivity contribution in [1.82, 2.24) is 20.4 Å². The highest BCUT2D eigenvalue weighted by Gasteiger charge is 2.16. The van der Waals surface area contributed by atoms with Crippen LogP contribution in [-0.4, -0.2) is 41.7 Å². The van der Waals surface area contributed by atoms with Gasteiger partial charge < -0.3 is 20.5 Å². The lowest BCUT2D eigenvalue weighted by molar-refractivity contribution is 0.0958.